The minimum atomic E-state index is 0. The molecule has 0 spiro atoms. The van der Waals surface area contributed by atoms with Crippen LogP contribution in [-0.2, 0) is 34.2 Å². The normalized spacial score (nSPS) is 9.76. The van der Waals surface area contributed by atoms with Crippen LogP contribution in [0.4, 0.5) is 0 Å². The summed E-state index contributed by atoms with van der Waals surface area (Å²) in [6, 6.07) is 15.7. The van der Waals surface area contributed by atoms with Crippen LogP contribution < -0.4 is 0 Å². The number of phenols is 1. The molecule has 3 heterocycles. The average molecular weight is 516 g/mol. The van der Waals surface area contributed by atoms with Crippen LogP contribution >= 0.6 is 0 Å². The molecule has 0 saturated heterocycles. The van der Waals surface area contributed by atoms with Crippen LogP contribution in [0.3, 0.4) is 0 Å². The summed E-state index contributed by atoms with van der Waals surface area (Å²) in [4.78, 5) is 0. The molecular formula is C18H17N4O2Pt-. The van der Waals surface area contributed by atoms with E-state index < -0.39 is 0 Å². The summed E-state index contributed by atoms with van der Waals surface area (Å²) < 4.78 is 9.06. The van der Waals surface area contributed by atoms with Crippen molar-refractivity contribution in [1.29, 1.82) is 0 Å². The fourth-order valence-electron chi connectivity index (χ4n) is 2.07. The number of phenolic OH excluding ortho intramolecular Hbond substituents is 1. The van der Waals surface area contributed by atoms with Crippen LogP contribution in [0, 0.1) is 6.07 Å². The molecule has 0 fully saturated rings. The van der Waals surface area contributed by atoms with E-state index in [1.807, 2.05) is 35.3 Å². The molecule has 0 atom stereocenters. The van der Waals surface area contributed by atoms with Gasteiger partial charge in [-0.3, -0.25) is 9.36 Å². The first kappa shape index (κ1) is 18.7. The summed E-state index contributed by atoms with van der Waals surface area (Å²) in [5.74, 6) is 1.10. The van der Waals surface area contributed by atoms with Crippen molar-refractivity contribution in [2.45, 2.75) is 13.1 Å². The number of aromatic hydroxyl groups is 1. The van der Waals surface area contributed by atoms with Gasteiger partial charge in [-0.1, -0.05) is 24.5 Å². The number of furan rings is 1. The molecule has 0 saturated carbocycles. The van der Waals surface area contributed by atoms with E-state index >= 15 is 0 Å². The zero-order valence-corrected chi connectivity index (χ0v) is 15.6. The molecule has 4 rings (SSSR count). The summed E-state index contributed by atoms with van der Waals surface area (Å²) >= 11 is 0. The number of benzene rings is 1. The van der Waals surface area contributed by atoms with Crippen LogP contribution in [0.25, 0.3) is 0 Å². The molecule has 0 bridgehead atoms. The van der Waals surface area contributed by atoms with E-state index in [9.17, 15) is 0 Å². The number of para-hydroxylation sites is 1. The minimum absolute atomic E-state index is 0. The third kappa shape index (κ3) is 6.08. The van der Waals surface area contributed by atoms with Crippen molar-refractivity contribution in [3.05, 3.63) is 90.9 Å². The first-order valence-corrected chi connectivity index (χ1v) is 7.47. The van der Waals surface area contributed by atoms with Gasteiger partial charge in [0.2, 0.25) is 0 Å². The smallest absolute Gasteiger partial charge is 0.115 e. The molecule has 4 aromatic rings. The van der Waals surface area contributed by atoms with Gasteiger partial charge in [-0.25, -0.2) is 6.07 Å². The maximum atomic E-state index is 8.63. The zero-order valence-electron chi connectivity index (χ0n) is 13.3. The van der Waals surface area contributed by atoms with Crippen molar-refractivity contribution in [2.75, 3.05) is 0 Å². The van der Waals surface area contributed by atoms with Crippen LogP contribution in [-0.4, -0.2) is 24.7 Å². The van der Waals surface area contributed by atoms with E-state index in [-0.39, 0.29) is 21.1 Å². The number of nitrogens with zero attached hydrogens (tertiary/aromatic N) is 4. The summed E-state index contributed by atoms with van der Waals surface area (Å²) in [5.41, 5.74) is 0.982. The Kier molecular flexibility index (Phi) is 7.23. The fourth-order valence-corrected chi connectivity index (χ4v) is 2.07. The van der Waals surface area contributed by atoms with E-state index in [0.29, 0.717) is 18.8 Å². The molecule has 0 aliphatic rings. The Morgan fingerprint density at radius 2 is 1.56 bits per heavy atom. The van der Waals surface area contributed by atoms with E-state index in [0.717, 1.165) is 11.3 Å². The Balaban J connectivity index is 0.000000240. The predicted octanol–water partition coefficient (Wildman–Crippen LogP) is 2.96. The molecule has 0 radical (unpaired) electrons. The Labute approximate surface area is 160 Å². The monoisotopic (exact) mass is 516 g/mol. The van der Waals surface area contributed by atoms with E-state index in [1.165, 1.54) is 0 Å². The maximum Gasteiger partial charge on any atom is 0.115 e. The van der Waals surface area contributed by atoms with Crippen molar-refractivity contribution < 1.29 is 30.6 Å². The SMILES string of the molecule is Oc1ccccc1.[Pt].[c-]1c(Cn2cccn2)coc1Cn1cccn1. The number of hydrogen-bond acceptors (Lipinski definition) is 4. The Hall–Kier alpha value is -2.59. The molecule has 0 aliphatic carbocycles. The van der Waals surface area contributed by atoms with Crippen molar-refractivity contribution >= 4 is 0 Å². The van der Waals surface area contributed by atoms with Crippen LogP contribution in [0.1, 0.15) is 11.3 Å². The molecule has 0 aliphatic heterocycles. The van der Waals surface area contributed by atoms with Crippen molar-refractivity contribution in [2.24, 2.45) is 0 Å². The molecule has 7 heteroatoms. The molecule has 25 heavy (non-hydrogen) atoms. The molecule has 1 aromatic carbocycles. The van der Waals surface area contributed by atoms with Crippen LogP contribution in [0.2, 0.25) is 0 Å². The Morgan fingerprint density at radius 3 is 2.08 bits per heavy atom. The molecular weight excluding hydrogens is 499 g/mol. The zero-order chi connectivity index (χ0) is 16.6. The third-order valence-corrected chi connectivity index (χ3v) is 3.16. The molecule has 132 valence electrons. The van der Waals surface area contributed by atoms with Crippen molar-refractivity contribution in [1.82, 2.24) is 19.6 Å². The largest absolute Gasteiger partial charge is 0.571 e. The van der Waals surface area contributed by atoms with Gasteiger partial charge >= 0.3 is 0 Å². The average Bonchev–Trinajstić information content (AvgIpc) is 3.34. The van der Waals surface area contributed by atoms with Gasteiger partial charge in [-0.15, -0.1) is 0 Å². The standard InChI is InChI=1S/C12H11N4O.C6H6O.Pt/c1-3-13-15(5-1)8-11-7-12(17-10-11)9-16-6-2-4-14-16;7-6-4-2-1-3-5-6;/h1-6,10H,8-9H2;1-5,7H;/q-1;;. The summed E-state index contributed by atoms with van der Waals surface area (Å²) in [5, 5.41) is 16.9. The van der Waals surface area contributed by atoms with E-state index in [1.54, 1.807) is 47.6 Å². The molecule has 0 amide bonds. The summed E-state index contributed by atoms with van der Waals surface area (Å²) in [6.07, 6.45) is 9.01. The van der Waals surface area contributed by atoms with Crippen molar-refractivity contribution in [3.63, 3.8) is 0 Å². The van der Waals surface area contributed by atoms with Gasteiger partial charge < -0.3 is 9.52 Å². The van der Waals surface area contributed by atoms with E-state index in [4.69, 9.17) is 9.52 Å². The molecule has 6 nitrogen and oxygen atoms in total. The second-order valence-corrected chi connectivity index (χ2v) is 5.05. The third-order valence-electron chi connectivity index (χ3n) is 3.16. The summed E-state index contributed by atoms with van der Waals surface area (Å²) in [6.45, 7) is 1.28. The van der Waals surface area contributed by atoms with Gasteiger partial charge in [-0.05, 0) is 24.3 Å². The van der Waals surface area contributed by atoms with Crippen molar-refractivity contribution in [3.8, 4) is 5.75 Å². The molecule has 1 N–H and O–H groups in total. The van der Waals surface area contributed by atoms with Crippen LogP contribution in [0.5, 0.6) is 5.75 Å². The van der Waals surface area contributed by atoms with Gasteiger partial charge in [0.15, 0.2) is 0 Å². The number of hydrogen-bond donors (Lipinski definition) is 1. The fraction of sp³-hybridized carbons (Fsp3) is 0.111. The number of rotatable bonds is 4. The second-order valence-electron chi connectivity index (χ2n) is 5.05. The van der Waals surface area contributed by atoms with Gasteiger partial charge in [0.05, 0.1) is 6.54 Å². The second kappa shape index (κ2) is 9.64. The summed E-state index contributed by atoms with van der Waals surface area (Å²) in [7, 11) is 0. The van der Waals surface area contributed by atoms with Crippen LogP contribution in [0.15, 0.2) is 77.9 Å². The van der Waals surface area contributed by atoms with Gasteiger partial charge in [-0.2, -0.15) is 15.8 Å². The maximum absolute atomic E-state index is 8.63. The van der Waals surface area contributed by atoms with Gasteiger partial charge in [0, 0.05) is 58.2 Å². The Bertz CT molecular complexity index is 777. The van der Waals surface area contributed by atoms with E-state index in [2.05, 4.69) is 16.3 Å². The molecule has 3 aromatic heterocycles. The topological polar surface area (TPSA) is 69.0 Å². The first-order chi connectivity index (χ1) is 11.8. The molecule has 0 unspecified atom stereocenters. The minimum Gasteiger partial charge on any atom is -0.571 e. The quantitative estimate of drug-likeness (QED) is 0.424. The van der Waals surface area contributed by atoms with Gasteiger partial charge in [0.25, 0.3) is 0 Å². The Morgan fingerprint density at radius 1 is 0.920 bits per heavy atom. The predicted molar refractivity (Wildman–Crippen MR) is 88.3 cm³/mol. The number of aromatic nitrogens is 4. The first-order valence-electron chi connectivity index (χ1n) is 7.47. The van der Waals surface area contributed by atoms with Gasteiger partial charge in [0.1, 0.15) is 5.75 Å².